The Balaban J connectivity index is 2.18. The summed E-state index contributed by atoms with van der Waals surface area (Å²) in [5.41, 5.74) is 2.44. The standard InChI is InChI=1S/C15H24O2/c1-3-4-9-17-10-8-15(16)12-14-7-5-6-13(2)11-14/h5-7,11,15-16H,3-4,8-10,12H2,1-2H3. The third kappa shape index (κ3) is 6.44. The summed E-state index contributed by atoms with van der Waals surface area (Å²) < 4.78 is 5.45. The van der Waals surface area contributed by atoms with Gasteiger partial charge in [0.15, 0.2) is 0 Å². The second-order valence-corrected chi connectivity index (χ2v) is 4.60. The maximum absolute atomic E-state index is 9.87. The molecule has 2 nitrogen and oxygen atoms in total. The highest BCUT2D eigenvalue weighted by molar-refractivity contribution is 5.22. The summed E-state index contributed by atoms with van der Waals surface area (Å²) in [6.07, 6.45) is 3.41. The molecule has 0 fully saturated rings. The maximum Gasteiger partial charge on any atom is 0.0602 e. The first-order chi connectivity index (χ1) is 8.22. The van der Waals surface area contributed by atoms with Crippen LogP contribution in [-0.4, -0.2) is 24.4 Å². The first-order valence-electron chi connectivity index (χ1n) is 6.53. The molecular weight excluding hydrogens is 212 g/mol. The van der Waals surface area contributed by atoms with Crippen molar-refractivity contribution in [3.63, 3.8) is 0 Å². The molecular formula is C15H24O2. The molecule has 0 heterocycles. The van der Waals surface area contributed by atoms with Gasteiger partial charge in [-0.05, 0) is 31.7 Å². The monoisotopic (exact) mass is 236 g/mol. The zero-order valence-electron chi connectivity index (χ0n) is 11.0. The van der Waals surface area contributed by atoms with E-state index in [1.807, 2.05) is 6.07 Å². The van der Waals surface area contributed by atoms with Crippen molar-refractivity contribution in [1.29, 1.82) is 0 Å². The summed E-state index contributed by atoms with van der Waals surface area (Å²) >= 11 is 0. The molecule has 0 saturated carbocycles. The van der Waals surface area contributed by atoms with Crippen molar-refractivity contribution in [3.8, 4) is 0 Å². The molecule has 0 saturated heterocycles. The zero-order valence-corrected chi connectivity index (χ0v) is 11.0. The fraction of sp³-hybridized carbons (Fsp3) is 0.600. The van der Waals surface area contributed by atoms with E-state index >= 15 is 0 Å². The van der Waals surface area contributed by atoms with Crippen LogP contribution in [0.2, 0.25) is 0 Å². The van der Waals surface area contributed by atoms with E-state index in [2.05, 4.69) is 32.0 Å². The molecule has 2 heteroatoms. The van der Waals surface area contributed by atoms with Gasteiger partial charge in [0, 0.05) is 13.2 Å². The van der Waals surface area contributed by atoms with E-state index in [1.165, 1.54) is 11.1 Å². The SMILES string of the molecule is CCCCOCCC(O)Cc1cccc(C)c1. The van der Waals surface area contributed by atoms with Gasteiger partial charge in [0.1, 0.15) is 0 Å². The van der Waals surface area contributed by atoms with Gasteiger partial charge in [-0.3, -0.25) is 0 Å². The average molecular weight is 236 g/mol. The Hall–Kier alpha value is -0.860. The minimum atomic E-state index is -0.293. The Bertz CT molecular complexity index is 310. The number of benzene rings is 1. The van der Waals surface area contributed by atoms with E-state index in [1.54, 1.807) is 0 Å². The molecule has 0 aromatic heterocycles. The number of aliphatic hydroxyl groups is 1. The van der Waals surface area contributed by atoms with Gasteiger partial charge in [-0.1, -0.05) is 43.2 Å². The van der Waals surface area contributed by atoms with Crippen LogP contribution >= 0.6 is 0 Å². The largest absolute Gasteiger partial charge is 0.393 e. The van der Waals surface area contributed by atoms with Gasteiger partial charge >= 0.3 is 0 Å². The van der Waals surface area contributed by atoms with Gasteiger partial charge in [-0.2, -0.15) is 0 Å². The maximum atomic E-state index is 9.87. The minimum Gasteiger partial charge on any atom is -0.393 e. The number of aryl methyl sites for hydroxylation is 1. The first kappa shape index (κ1) is 14.2. The van der Waals surface area contributed by atoms with Crippen LogP contribution in [0.5, 0.6) is 0 Å². The Morgan fingerprint density at radius 1 is 1.29 bits per heavy atom. The van der Waals surface area contributed by atoms with Crippen molar-refractivity contribution >= 4 is 0 Å². The molecule has 0 spiro atoms. The summed E-state index contributed by atoms with van der Waals surface area (Å²) in [5.74, 6) is 0. The molecule has 1 N–H and O–H groups in total. The topological polar surface area (TPSA) is 29.5 Å². The highest BCUT2D eigenvalue weighted by Gasteiger charge is 2.05. The number of hydrogen-bond donors (Lipinski definition) is 1. The minimum absolute atomic E-state index is 0.293. The third-order valence-corrected chi connectivity index (χ3v) is 2.79. The van der Waals surface area contributed by atoms with E-state index in [4.69, 9.17) is 4.74 Å². The van der Waals surface area contributed by atoms with Crippen LogP contribution < -0.4 is 0 Å². The molecule has 0 bridgehead atoms. The number of ether oxygens (including phenoxy) is 1. The Kier molecular flexibility index (Phi) is 6.90. The molecule has 0 aliphatic rings. The zero-order chi connectivity index (χ0) is 12.5. The Labute approximate surface area is 105 Å². The molecule has 96 valence electrons. The molecule has 1 aromatic carbocycles. The highest BCUT2D eigenvalue weighted by Crippen LogP contribution is 2.08. The second kappa shape index (κ2) is 8.26. The lowest BCUT2D eigenvalue weighted by atomic mass is 10.0. The number of rotatable bonds is 8. The predicted octanol–water partition coefficient (Wildman–Crippen LogP) is 3.11. The molecule has 17 heavy (non-hydrogen) atoms. The Morgan fingerprint density at radius 3 is 2.82 bits per heavy atom. The van der Waals surface area contributed by atoms with E-state index < -0.39 is 0 Å². The van der Waals surface area contributed by atoms with Crippen LogP contribution in [0.25, 0.3) is 0 Å². The Morgan fingerprint density at radius 2 is 2.12 bits per heavy atom. The molecule has 1 rings (SSSR count). The van der Waals surface area contributed by atoms with E-state index in [0.717, 1.165) is 32.3 Å². The molecule has 1 unspecified atom stereocenters. The lowest BCUT2D eigenvalue weighted by molar-refractivity contribution is 0.0807. The summed E-state index contributed by atoms with van der Waals surface area (Å²) in [5, 5.41) is 9.87. The number of unbranched alkanes of at least 4 members (excludes halogenated alkanes) is 1. The van der Waals surface area contributed by atoms with E-state index in [-0.39, 0.29) is 6.10 Å². The van der Waals surface area contributed by atoms with Crippen molar-refractivity contribution in [2.24, 2.45) is 0 Å². The van der Waals surface area contributed by atoms with Crippen molar-refractivity contribution in [1.82, 2.24) is 0 Å². The van der Waals surface area contributed by atoms with Crippen molar-refractivity contribution in [2.45, 2.75) is 45.6 Å². The highest BCUT2D eigenvalue weighted by atomic mass is 16.5. The van der Waals surface area contributed by atoms with E-state index in [0.29, 0.717) is 6.61 Å². The number of hydrogen-bond acceptors (Lipinski definition) is 2. The van der Waals surface area contributed by atoms with Crippen LogP contribution in [0, 0.1) is 6.92 Å². The third-order valence-electron chi connectivity index (χ3n) is 2.79. The molecule has 0 aliphatic heterocycles. The van der Waals surface area contributed by atoms with Gasteiger partial charge in [0.05, 0.1) is 6.10 Å². The van der Waals surface area contributed by atoms with Gasteiger partial charge in [0.25, 0.3) is 0 Å². The van der Waals surface area contributed by atoms with Crippen molar-refractivity contribution < 1.29 is 9.84 Å². The molecule has 0 radical (unpaired) electrons. The van der Waals surface area contributed by atoms with Crippen LogP contribution in [0.1, 0.15) is 37.3 Å². The second-order valence-electron chi connectivity index (χ2n) is 4.60. The summed E-state index contributed by atoms with van der Waals surface area (Å²) in [6, 6.07) is 8.30. The van der Waals surface area contributed by atoms with Crippen LogP contribution in [0.4, 0.5) is 0 Å². The lowest BCUT2D eigenvalue weighted by Crippen LogP contribution is -2.14. The normalized spacial score (nSPS) is 12.6. The fourth-order valence-corrected chi connectivity index (χ4v) is 1.78. The summed E-state index contributed by atoms with van der Waals surface area (Å²) in [4.78, 5) is 0. The van der Waals surface area contributed by atoms with Gasteiger partial charge in [-0.25, -0.2) is 0 Å². The van der Waals surface area contributed by atoms with Crippen LogP contribution in [0.3, 0.4) is 0 Å². The van der Waals surface area contributed by atoms with Gasteiger partial charge < -0.3 is 9.84 Å². The lowest BCUT2D eigenvalue weighted by Gasteiger charge is -2.11. The molecule has 1 aromatic rings. The van der Waals surface area contributed by atoms with Crippen molar-refractivity contribution in [2.75, 3.05) is 13.2 Å². The first-order valence-corrected chi connectivity index (χ1v) is 6.53. The fourth-order valence-electron chi connectivity index (χ4n) is 1.78. The summed E-state index contributed by atoms with van der Waals surface area (Å²) in [6.45, 7) is 5.69. The number of aliphatic hydroxyl groups excluding tert-OH is 1. The molecule has 0 aliphatic carbocycles. The van der Waals surface area contributed by atoms with E-state index in [9.17, 15) is 5.11 Å². The quantitative estimate of drug-likeness (QED) is 0.703. The predicted molar refractivity (Wildman–Crippen MR) is 71.2 cm³/mol. The smallest absolute Gasteiger partial charge is 0.0602 e. The van der Waals surface area contributed by atoms with Gasteiger partial charge in [-0.15, -0.1) is 0 Å². The summed E-state index contributed by atoms with van der Waals surface area (Å²) in [7, 11) is 0. The van der Waals surface area contributed by atoms with Crippen LogP contribution in [0.15, 0.2) is 24.3 Å². The van der Waals surface area contributed by atoms with Gasteiger partial charge in [0.2, 0.25) is 0 Å². The van der Waals surface area contributed by atoms with Crippen molar-refractivity contribution in [3.05, 3.63) is 35.4 Å². The van der Waals surface area contributed by atoms with Crippen LogP contribution in [-0.2, 0) is 11.2 Å². The molecule has 1 atom stereocenters. The average Bonchev–Trinajstić information content (AvgIpc) is 2.29. The molecule has 0 amide bonds.